The topological polar surface area (TPSA) is 9.23 Å². The molecule has 1 aromatic carbocycles. The van der Waals surface area contributed by atoms with E-state index in [1.165, 1.54) is 42.4 Å². The van der Waals surface area contributed by atoms with Crippen LogP contribution in [0.25, 0.3) is 0 Å². The van der Waals surface area contributed by atoms with E-state index in [1.807, 2.05) is 0 Å². The largest absolute Gasteiger partial charge is 0.543 e. The zero-order valence-corrected chi connectivity index (χ0v) is 24.1. The monoisotopic (exact) mass is 504 g/mol. The summed E-state index contributed by atoms with van der Waals surface area (Å²) in [6, 6.07) is 6.62. The Bertz CT molecular complexity index is 906. The van der Waals surface area contributed by atoms with E-state index in [-0.39, 0.29) is 16.4 Å². The van der Waals surface area contributed by atoms with Gasteiger partial charge in [-0.05, 0) is 103 Å². The molecule has 0 unspecified atom stereocenters. The van der Waals surface area contributed by atoms with Crippen molar-refractivity contribution in [2.75, 3.05) is 5.88 Å². The minimum absolute atomic E-state index is 0.0210. The first kappa shape index (κ1) is 26.3. The highest BCUT2D eigenvalue weighted by Crippen LogP contribution is 2.64. The molecule has 0 amide bonds. The molecule has 0 spiro atoms. The van der Waals surface area contributed by atoms with E-state index in [0.717, 1.165) is 30.9 Å². The molecule has 4 rings (SSSR count). The number of allylic oxidation sites excluding steroid dienone is 1. The van der Waals surface area contributed by atoms with Gasteiger partial charge in [-0.3, -0.25) is 0 Å². The zero-order chi connectivity index (χ0) is 24.9. The van der Waals surface area contributed by atoms with Crippen molar-refractivity contribution in [1.29, 1.82) is 0 Å². The Morgan fingerprint density at radius 1 is 1.21 bits per heavy atom. The van der Waals surface area contributed by atoms with Crippen molar-refractivity contribution in [1.82, 2.24) is 0 Å². The summed E-state index contributed by atoms with van der Waals surface area (Å²) >= 11 is 5.96. The Labute approximate surface area is 214 Å². The lowest BCUT2D eigenvalue weighted by Gasteiger charge is -2.54. The van der Waals surface area contributed by atoms with Crippen LogP contribution in [0.2, 0.25) is 18.1 Å². The number of halogens is 2. The lowest BCUT2D eigenvalue weighted by Crippen LogP contribution is -2.49. The zero-order valence-electron chi connectivity index (χ0n) is 22.4. The fourth-order valence-corrected chi connectivity index (χ4v) is 8.35. The van der Waals surface area contributed by atoms with Gasteiger partial charge in [-0.25, -0.2) is 4.39 Å². The molecule has 0 N–H and O–H groups in total. The van der Waals surface area contributed by atoms with Crippen LogP contribution in [0.1, 0.15) is 89.7 Å². The second-order valence-electron chi connectivity index (χ2n) is 13.2. The van der Waals surface area contributed by atoms with Crippen molar-refractivity contribution >= 4 is 19.9 Å². The van der Waals surface area contributed by atoms with Crippen molar-refractivity contribution in [3.8, 4) is 5.75 Å². The van der Waals surface area contributed by atoms with Crippen LogP contribution in [0.15, 0.2) is 30.4 Å². The number of hydrogen-bond donors (Lipinski definition) is 0. The number of benzene rings is 1. The van der Waals surface area contributed by atoms with Crippen LogP contribution in [0.3, 0.4) is 0 Å². The number of unbranched alkanes of at least 4 members (excludes halogenated alkanes) is 2. The molecule has 3 aliphatic carbocycles. The maximum atomic E-state index is 16.1. The smallest absolute Gasteiger partial charge is 0.250 e. The number of hydrogen-bond acceptors (Lipinski definition) is 1. The summed E-state index contributed by atoms with van der Waals surface area (Å²) in [6.45, 7) is 18.2. The van der Waals surface area contributed by atoms with Gasteiger partial charge in [0.25, 0.3) is 0 Å². The minimum Gasteiger partial charge on any atom is -0.543 e. The third-order valence-corrected chi connectivity index (χ3v) is 14.8. The molecule has 1 aromatic rings. The maximum absolute atomic E-state index is 16.1. The highest BCUT2D eigenvalue weighted by molar-refractivity contribution is 6.74. The van der Waals surface area contributed by atoms with E-state index in [9.17, 15) is 0 Å². The fourth-order valence-electron chi connectivity index (χ4n) is 7.14. The molecule has 1 nitrogen and oxygen atoms in total. The lowest BCUT2D eigenvalue weighted by molar-refractivity contribution is -0.0120. The van der Waals surface area contributed by atoms with Crippen LogP contribution >= 0.6 is 11.6 Å². The molecule has 0 bridgehead atoms. The Kier molecular flexibility index (Phi) is 7.40. The van der Waals surface area contributed by atoms with Crippen LogP contribution in [0, 0.1) is 23.2 Å². The van der Waals surface area contributed by atoms with Gasteiger partial charge >= 0.3 is 0 Å². The minimum atomic E-state index is -1.92. The molecule has 3 aliphatic rings. The van der Waals surface area contributed by atoms with Gasteiger partial charge in [0.05, 0.1) is 0 Å². The second-order valence-corrected chi connectivity index (χ2v) is 18.3. The van der Waals surface area contributed by atoms with Gasteiger partial charge in [-0.1, -0.05) is 58.8 Å². The molecule has 0 heterocycles. The molecule has 0 aromatic heterocycles. The first-order valence-corrected chi connectivity index (χ1v) is 17.0. The first-order valence-electron chi connectivity index (χ1n) is 13.6. The fraction of sp³-hybridized carbons (Fsp3) is 0.733. The molecule has 2 saturated carbocycles. The van der Waals surface area contributed by atoms with E-state index in [4.69, 9.17) is 16.0 Å². The molecule has 0 aliphatic heterocycles. The van der Waals surface area contributed by atoms with Crippen LogP contribution in [0.5, 0.6) is 5.75 Å². The summed E-state index contributed by atoms with van der Waals surface area (Å²) in [5, 5.41) is 0.154. The molecule has 0 radical (unpaired) electrons. The summed E-state index contributed by atoms with van der Waals surface area (Å²) in [5.41, 5.74) is 3.86. The van der Waals surface area contributed by atoms with Crippen molar-refractivity contribution in [2.45, 2.75) is 109 Å². The highest BCUT2D eigenvalue weighted by atomic mass is 35.5. The van der Waals surface area contributed by atoms with E-state index in [2.05, 4.69) is 65.6 Å². The Morgan fingerprint density at radius 3 is 2.62 bits per heavy atom. The average molecular weight is 505 g/mol. The standard InChI is InChI=1S/C30H46ClFOSi/c1-20-12-15-25-27-21(11-9-8-10-16-31)17-22-18-23(33-34(6,7)29(2,3)4)13-14-24(22)28(27)26(32)19-30(20,25)5/h13-14,18,21,25-28H,1,8-12,15-17,19H2,2-7H3/t21-,25+,26+,27+,28+,30-/m1/s1. The van der Waals surface area contributed by atoms with E-state index >= 15 is 4.39 Å². The van der Waals surface area contributed by atoms with Gasteiger partial charge in [-0.2, -0.15) is 0 Å². The van der Waals surface area contributed by atoms with Crippen molar-refractivity contribution in [3.05, 3.63) is 41.5 Å². The summed E-state index contributed by atoms with van der Waals surface area (Å²) in [4.78, 5) is 0. The van der Waals surface area contributed by atoms with Crippen LogP contribution in [-0.4, -0.2) is 20.4 Å². The molecular weight excluding hydrogens is 459 g/mol. The summed E-state index contributed by atoms with van der Waals surface area (Å²) in [6.07, 6.45) is 7.77. The van der Waals surface area contributed by atoms with Crippen LogP contribution < -0.4 is 4.43 Å². The maximum Gasteiger partial charge on any atom is 0.250 e. The first-order chi connectivity index (χ1) is 15.9. The van der Waals surface area contributed by atoms with E-state index in [0.29, 0.717) is 24.2 Å². The predicted molar refractivity (Wildman–Crippen MR) is 146 cm³/mol. The second kappa shape index (κ2) is 9.58. The van der Waals surface area contributed by atoms with Gasteiger partial charge in [0, 0.05) is 11.8 Å². The Hall–Kier alpha value is -0.803. The van der Waals surface area contributed by atoms with Gasteiger partial charge < -0.3 is 4.43 Å². The Morgan fingerprint density at radius 2 is 1.94 bits per heavy atom. The third-order valence-electron chi connectivity index (χ3n) is 10.2. The van der Waals surface area contributed by atoms with E-state index < -0.39 is 14.5 Å². The summed E-state index contributed by atoms with van der Waals surface area (Å²) in [5.74, 6) is 3.25. The van der Waals surface area contributed by atoms with Crippen molar-refractivity contribution < 1.29 is 8.82 Å². The number of alkyl halides is 2. The van der Waals surface area contributed by atoms with Gasteiger partial charge in [0.1, 0.15) is 11.9 Å². The molecule has 2 fully saturated rings. The van der Waals surface area contributed by atoms with Gasteiger partial charge in [0.15, 0.2) is 0 Å². The SMILES string of the molecule is C=C1CC[C@H]2[C@@H]3[C@H](CCCCCCl)Cc4cc(O[Si](C)(C)C(C)(C)C)ccc4[C@H]3[C@@H](F)C[C@]12C. The average Bonchev–Trinajstić information content (AvgIpc) is 3.03. The van der Waals surface area contributed by atoms with Crippen molar-refractivity contribution in [2.24, 2.45) is 23.2 Å². The molecule has 6 atom stereocenters. The van der Waals surface area contributed by atoms with E-state index in [1.54, 1.807) is 0 Å². The molecule has 4 heteroatoms. The summed E-state index contributed by atoms with van der Waals surface area (Å²) < 4.78 is 22.8. The quantitative estimate of drug-likeness (QED) is 0.155. The number of fused-ring (bicyclic) bond motifs is 5. The molecule has 190 valence electrons. The van der Waals surface area contributed by atoms with Crippen molar-refractivity contribution in [3.63, 3.8) is 0 Å². The molecule has 0 saturated heterocycles. The highest BCUT2D eigenvalue weighted by Gasteiger charge is 2.58. The molecular formula is C30H46ClFOSi. The van der Waals surface area contributed by atoms with Crippen LogP contribution in [-0.2, 0) is 6.42 Å². The third kappa shape index (κ3) is 4.65. The molecule has 34 heavy (non-hydrogen) atoms. The normalized spacial score (nSPS) is 33.3. The lowest BCUT2D eigenvalue weighted by atomic mass is 9.51. The number of rotatable bonds is 7. The van der Waals surface area contributed by atoms with Crippen LogP contribution in [0.4, 0.5) is 4.39 Å². The Balaban J connectivity index is 1.68. The predicted octanol–water partition coefficient (Wildman–Crippen LogP) is 9.46. The summed E-state index contributed by atoms with van der Waals surface area (Å²) in [7, 11) is -1.92. The van der Waals surface area contributed by atoms with Gasteiger partial charge in [0.2, 0.25) is 8.32 Å². The van der Waals surface area contributed by atoms with Gasteiger partial charge in [-0.15, -0.1) is 11.6 Å².